The van der Waals surface area contributed by atoms with Gasteiger partial charge in [-0.15, -0.1) is 0 Å². The summed E-state index contributed by atoms with van der Waals surface area (Å²) >= 11 is 0. The number of para-hydroxylation sites is 1. The summed E-state index contributed by atoms with van der Waals surface area (Å²) in [5.74, 6) is 0.851. The molecule has 0 unspecified atom stereocenters. The molecule has 1 N–H and O–H groups in total. The van der Waals surface area contributed by atoms with E-state index in [9.17, 15) is 18.0 Å². The highest BCUT2D eigenvalue weighted by Crippen LogP contribution is 2.29. The van der Waals surface area contributed by atoms with Crippen molar-refractivity contribution in [3.05, 3.63) is 114 Å². The van der Waals surface area contributed by atoms with Crippen molar-refractivity contribution in [2.75, 3.05) is 25.0 Å². The Hall–Kier alpha value is -4.83. The summed E-state index contributed by atoms with van der Waals surface area (Å²) in [6.45, 7) is 3.21. The molecule has 2 amide bonds. The van der Waals surface area contributed by atoms with E-state index in [2.05, 4.69) is 5.32 Å². The normalized spacial score (nSPS) is 11.7. The molecule has 0 radical (unpaired) electrons. The number of hydrogen-bond acceptors (Lipinski definition) is 6. The maximum absolute atomic E-state index is 14.1. The summed E-state index contributed by atoms with van der Waals surface area (Å²) in [4.78, 5) is 28.5. The van der Waals surface area contributed by atoms with Crippen molar-refractivity contribution in [2.24, 2.45) is 0 Å². The smallest absolute Gasteiger partial charge is 0.264 e. The van der Waals surface area contributed by atoms with Gasteiger partial charge in [0.05, 0.1) is 17.7 Å². The van der Waals surface area contributed by atoms with E-state index in [1.807, 2.05) is 43.3 Å². The third kappa shape index (κ3) is 7.76. The standard InChI is InChI=1S/C34H37N3O6S/c1-5-32(34(39)35-3)36(23-26-10-9-13-30(22-26)42-4)33(38)24-37(44(40,41)31-20-14-25(2)15-21-31)27-16-18-29(19-17-27)43-28-11-7-6-8-12-28/h6-22,32H,5,23-24H2,1-4H3,(H,35,39)/t32-/m1/s1. The number of aryl methyl sites for hydroxylation is 1. The van der Waals surface area contributed by atoms with Crippen LogP contribution < -0.4 is 19.1 Å². The first-order valence-corrected chi connectivity index (χ1v) is 15.7. The first-order chi connectivity index (χ1) is 21.2. The van der Waals surface area contributed by atoms with Gasteiger partial charge in [0.15, 0.2) is 0 Å². The SMILES string of the molecule is CC[C@H](C(=O)NC)N(Cc1cccc(OC)c1)C(=O)CN(c1ccc(Oc2ccccc2)cc1)S(=O)(=O)c1ccc(C)cc1. The van der Waals surface area contributed by atoms with Crippen LogP contribution in [0.15, 0.2) is 108 Å². The van der Waals surface area contributed by atoms with Crippen LogP contribution in [-0.4, -0.2) is 51.9 Å². The zero-order chi connectivity index (χ0) is 31.7. The number of benzene rings is 4. The Kier molecular flexibility index (Phi) is 10.6. The number of anilines is 1. The fourth-order valence-electron chi connectivity index (χ4n) is 4.72. The molecule has 44 heavy (non-hydrogen) atoms. The van der Waals surface area contributed by atoms with E-state index < -0.39 is 28.5 Å². The summed E-state index contributed by atoms with van der Waals surface area (Å²) in [7, 11) is -1.14. The fraction of sp³-hybridized carbons (Fsp3) is 0.235. The van der Waals surface area contributed by atoms with E-state index >= 15 is 0 Å². The number of methoxy groups -OCH3 is 1. The van der Waals surface area contributed by atoms with Gasteiger partial charge in [-0.1, -0.05) is 55.0 Å². The quantitative estimate of drug-likeness (QED) is 0.212. The number of sulfonamides is 1. The number of hydrogen-bond donors (Lipinski definition) is 1. The minimum atomic E-state index is -4.19. The molecule has 4 aromatic carbocycles. The van der Waals surface area contributed by atoms with Gasteiger partial charge in [-0.2, -0.15) is 0 Å². The van der Waals surface area contributed by atoms with Crippen molar-refractivity contribution in [3.63, 3.8) is 0 Å². The van der Waals surface area contributed by atoms with Crippen molar-refractivity contribution in [3.8, 4) is 17.2 Å². The van der Waals surface area contributed by atoms with Crippen molar-refractivity contribution < 1.29 is 27.5 Å². The van der Waals surface area contributed by atoms with E-state index in [0.717, 1.165) is 15.4 Å². The Morgan fingerprint density at radius 3 is 2.09 bits per heavy atom. The predicted molar refractivity (Wildman–Crippen MR) is 170 cm³/mol. The summed E-state index contributed by atoms with van der Waals surface area (Å²) in [6, 6.07) is 28.5. The summed E-state index contributed by atoms with van der Waals surface area (Å²) in [5, 5.41) is 2.63. The average Bonchev–Trinajstić information content (AvgIpc) is 3.04. The highest BCUT2D eigenvalue weighted by Gasteiger charge is 2.33. The molecule has 0 heterocycles. The van der Waals surface area contributed by atoms with Crippen LogP contribution in [0.25, 0.3) is 0 Å². The van der Waals surface area contributed by atoms with Gasteiger partial charge >= 0.3 is 0 Å². The van der Waals surface area contributed by atoms with Crippen LogP contribution in [0, 0.1) is 6.92 Å². The van der Waals surface area contributed by atoms with E-state index in [1.165, 1.54) is 24.1 Å². The second kappa shape index (κ2) is 14.6. The number of amides is 2. The first-order valence-electron chi connectivity index (χ1n) is 14.2. The van der Waals surface area contributed by atoms with Gasteiger partial charge in [-0.25, -0.2) is 8.42 Å². The molecule has 0 saturated carbocycles. The second-order valence-electron chi connectivity index (χ2n) is 10.1. The molecule has 10 heteroatoms. The highest BCUT2D eigenvalue weighted by atomic mass is 32.2. The maximum Gasteiger partial charge on any atom is 0.264 e. The Labute approximate surface area is 259 Å². The molecular weight excluding hydrogens is 578 g/mol. The van der Waals surface area contributed by atoms with Crippen molar-refractivity contribution in [1.29, 1.82) is 0 Å². The van der Waals surface area contributed by atoms with Crippen LogP contribution in [0.1, 0.15) is 24.5 Å². The van der Waals surface area contributed by atoms with Gasteiger partial charge in [0.1, 0.15) is 29.8 Å². The molecule has 0 aliphatic rings. The van der Waals surface area contributed by atoms with Crippen LogP contribution in [-0.2, 0) is 26.2 Å². The van der Waals surface area contributed by atoms with Crippen molar-refractivity contribution >= 4 is 27.5 Å². The number of rotatable bonds is 13. The second-order valence-corrected chi connectivity index (χ2v) is 12.0. The molecule has 4 aromatic rings. The van der Waals surface area contributed by atoms with Crippen LogP contribution in [0.5, 0.6) is 17.2 Å². The minimum Gasteiger partial charge on any atom is -0.497 e. The third-order valence-corrected chi connectivity index (χ3v) is 8.90. The zero-order valence-corrected chi connectivity index (χ0v) is 26.1. The molecule has 230 valence electrons. The van der Waals surface area contributed by atoms with Crippen molar-refractivity contribution in [2.45, 2.75) is 37.8 Å². The fourth-order valence-corrected chi connectivity index (χ4v) is 6.14. The zero-order valence-electron chi connectivity index (χ0n) is 25.3. The van der Waals surface area contributed by atoms with Crippen molar-refractivity contribution in [1.82, 2.24) is 10.2 Å². The maximum atomic E-state index is 14.1. The summed E-state index contributed by atoms with van der Waals surface area (Å²) in [5.41, 5.74) is 1.90. The average molecular weight is 616 g/mol. The first kappa shape index (κ1) is 32.1. The monoisotopic (exact) mass is 615 g/mol. The highest BCUT2D eigenvalue weighted by molar-refractivity contribution is 7.92. The molecule has 0 aliphatic heterocycles. The van der Waals surface area contributed by atoms with Gasteiger partial charge < -0.3 is 19.7 Å². The number of nitrogens with one attached hydrogen (secondary N) is 1. The lowest BCUT2D eigenvalue weighted by Crippen LogP contribution is -2.51. The molecule has 0 fully saturated rings. The predicted octanol–water partition coefficient (Wildman–Crippen LogP) is 5.54. The van der Waals surface area contributed by atoms with Gasteiger partial charge in [-0.05, 0) is 79.6 Å². The Balaban J connectivity index is 1.72. The number of nitrogens with zero attached hydrogens (tertiary/aromatic N) is 2. The van der Waals surface area contributed by atoms with E-state index in [-0.39, 0.29) is 23.0 Å². The topological polar surface area (TPSA) is 105 Å². The molecule has 4 rings (SSSR count). The summed E-state index contributed by atoms with van der Waals surface area (Å²) in [6.07, 6.45) is 0.325. The Bertz CT molecular complexity index is 1660. The number of ether oxygens (including phenoxy) is 2. The lowest BCUT2D eigenvalue weighted by molar-refractivity contribution is -0.140. The molecule has 0 saturated heterocycles. The number of carbonyl (C=O) groups is 2. The number of likely N-dealkylation sites (N-methyl/N-ethyl adjacent to an activating group) is 1. The molecule has 1 atom stereocenters. The van der Waals surface area contributed by atoms with Gasteiger partial charge in [0, 0.05) is 13.6 Å². The molecule has 0 bridgehead atoms. The van der Waals surface area contributed by atoms with Crippen LogP contribution in [0.4, 0.5) is 5.69 Å². The van der Waals surface area contributed by atoms with Gasteiger partial charge in [0.25, 0.3) is 10.0 Å². The summed E-state index contributed by atoms with van der Waals surface area (Å²) < 4.78 is 40.5. The van der Waals surface area contributed by atoms with Crippen LogP contribution in [0.2, 0.25) is 0 Å². The van der Waals surface area contributed by atoms with E-state index in [1.54, 1.807) is 68.6 Å². The number of carbonyl (C=O) groups excluding carboxylic acids is 2. The molecule has 0 aromatic heterocycles. The van der Waals surface area contributed by atoms with Gasteiger partial charge in [0.2, 0.25) is 11.8 Å². The Morgan fingerprint density at radius 1 is 0.841 bits per heavy atom. The van der Waals surface area contributed by atoms with Gasteiger partial charge in [-0.3, -0.25) is 13.9 Å². The van der Waals surface area contributed by atoms with Crippen LogP contribution in [0.3, 0.4) is 0 Å². The van der Waals surface area contributed by atoms with Crippen LogP contribution >= 0.6 is 0 Å². The molecule has 0 aliphatic carbocycles. The Morgan fingerprint density at radius 2 is 1.48 bits per heavy atom. The lowest BCUT2D eigenvalue weighted by atomic mass is 10.1. The minimum absolute atomic E-state index is 0.0400. The van der Waals surface area contributed by atoms with E-state index in [0.29, 0.717) is 23.7 Å². The molecule has 9 nitrogen and oxygen atoms in total. The lowest BCUT2D eigenvalue weighted by Gasteiger charge is -2.33. The molecule has 0 spiro atoms. The largest absolute Gasteiger partial charge is 0.497 e. The third-order valence-electron chi connectivity index (χ3n) is 7.11. The van der Waals surface area contributed by atoms with E-state index in [4.69, 9.17) is 9.47 Å². The molecular formula is C34H37N3O6S.